The van der Waals surface area contributed by atoms with Gasteiger partial charge in [-0.1, -0.05) is 26.0 Å². The number of rotatable bonds is 15. The summed E-state index contributed by atoms with van der Waals surface area (Å²) in [5.41, 5.74) is 2.71. The Balaban J connectivity index is 1.72. The van der Waals surface area contributed by atoms with Crippen molar-refractivity contribution in [2.45, 2.75) is 58.7 Å². The lowest BCUT2D eigenvalue weighted by molar-refractivity contribution is 0.0755. The maximum atomic E-state index is 13.4. The molecular weight excluding hydrogens is 494 g/mol. The van der Waals surface area contributed by atoms with Crippen molar-refractivity contribution in [1.82, 2.24) is 25.5 Å². The van der Waals surface area contributed by atoms with E-state index in [4.69, 9.17) is 4.74 Å². The summed E-state index contributed by atoms with van der Waals surface area (Å²) in [6, 6.07) is 12.3. The van der Waals surface area contributed by atoms with Gasteiger partial charge in [0.05, 0.1) is 19.3 Å². The van der Waals surface area contributed by atoms with E-state index in [1.54, 1.807) is 31.6 Å². The van der Waals surface area contributed by atoms with Gasteiger partial charge in [0.1, 0.15) is 11.6 Å². The normalized spacial score (nSPS) is 12.5. The molecule has 3 rings (SSSR count). The van der Waals surface area contributed by atoms with Gasteiger partial charge in [-0.25, -0.2) is 4.98 Å². The predicted octanol–water partition coefficient (Wildman–Crippen LogP) is 3.48. The van der Waals surface area contributed by atoms with Crippen LogP contribution in [0.4, 0.5) is 0 Å². The number of aliphatic hydroxyl groups is 1. The molecule has 0 saturated carbocycles. The number of hydrogen-bond acceptors (Lipinski definition) is 6. The van der Waals surface area contributed by atoms with Crippen LogP contribution in [0.2, 0.25) is 0 Å². The Morgan fingerprint density at radius 2 is 1.85 bits per heavy atom. The smallest absolute Gasteiger partial charge is 0.253 e. The molecule has 2 atom stereocenters. The van der Waals surface area contributed by atoms with Gasteiger partial charge in [0.25, 0.3) is 11.8 Å². The SMILES string of the molecule is CCCN(CCC)C(=O)c1cc(C)cc(C(=O)N[C@@H](Cc2ncc[nH]2)[C@H](O)CNCc2cccc(OC)c2)c1. The number of aliphatic hydroxyl groups excluding tert-OH is 1. The largest absolute Gasteiger partial charge is 0.497 e. The number of carbonyl (C=O) groups excluding carboxylic acids is 2. The van der Waals surface area contributed by atoms with Crippen LogP contribution in [0.25, 0.3) is 0 Å². The number of imidazole rings is 1. The topological polar surface area (TPSA) is 120 Å². The van der Waals surface area contributed by atoms with Crippen molar-refractivity contribution in [2.75, 3.05) is 26.7 Å². The molecule has 210 valence electrons. The van der Waals surface area contributed by atoms with Crippen molar-refractivity contribution in [1.29, 1.82) is 0 Å². The summed E-state index contributed by atoms with van der Waals surface area (Å²) in [5, 5.41) is 17.3. The van der Waals surface area contributed by atoms with E-state index >= 15 is 0 Å². The Kier molecular flexibility index (Phi) is 11.5. The Hall–Kier alpha value is -3.69. The number of methoxy groups -OCH3 is 1. The molecule has 4 N–H and O–H groups in total. The Bertz CT molecular complexity index is 1190. The highest BCUT2D eigenvalue weighted by atomic mass is 16.5. The van der Waals surface area contributed by atoms with E-state index in [0.29, 0.717) is 43.0 Å². The quantitative estimate of drug-likeness (QED) is 0.237. The molecule has 0 saturated heterocycles. The third kappa shape index (κ3) is 8.94. The van der Waals surface area contributed by atoms with Crippen LogP contribution in [-0.2, 0) is 13.0 Å². The summed E-state index contributed by atoms with van der Waals surface area (Å²) in [7, 11) is 1.62. The van der Waals surface area contributed by atoms with Crippen LogP contribution in [0.3, 0.4) is 0 Å². The highest BCUT2D eigenvalue weighted by Crippen LogP contribution is 2.15. The lowest BCUT2D eigenvalue weighted by Gasteiger charge is -2.25. The zero-order valence-corrected chi connectivity index (χ0v) is 23.4. The number of aromatic amines is 1. The lowest BCUT2D eigenvalue weighted by atomic mass is 10.0. The van der Waals surface area contributed by atoms with Gasteiger partial charge in [-0.3, -0.25) is 9.59 Å². The molecule has 0 bridgehead atoms. The van der Waals surface area contributed by atoms with Crippen molar-refractivity contribution in [3.63, 3.8) is 0 Å². The molecule has 9 heteroatoms. The van der Waals surface area contributed by atoms with E-state index in [9.17, 15) is 14.7 Å². The second-order valence-electron chi connectivity index (χ2n) is 9.75. The molecule has 1 heterocycles. The zero-order valence-electron chi connectivity index (χ0n) is 23.4. The molecule has 3 aromatic rings. The minimum Gasteiger partial charge on any atom is -0.497 e. The molecule has 0 spiro atoms. The molecule has 0 unspecified atom stereocenters. The van der Waals surface area contributed by atoms with Crippen molar-refractivity contribution in [3.8, 4) is 5.75 Å². The standard InChI is InChI=1S/C30H41N5O4/c1-5-12-35(13-6-2)30(38)24-15-21(3)14-23(17-24)29(37)34-26(18-28-32-10-11-33-28)27(36)20-31-19-22-8-7-9-25(16-22)39-4/h7-11,14-17,26-27,31,36H,5-6,12-13,18-20H2,1-4H3,(H,32,33)(H,34,37)/t26-,27+/m0/s1. The number of nitrogens with one attached hydrogen (secondary N) is 3. The van der Waals surface area contributed by atoms with Gasteiger partial charge in [0, 0.05) is 56.1 Å². The van der Waals surface area contributed by atoms with Gasteiger partial charge < -0.3 is 30.4 Å². The number of aryl methyl sites for hydroxylation is 1. The van der Waals surface area contributed by atoms with Crippen LogP contribution in [0, 0.1) is 6.92 Å². The van der Waals surface area contributed by atoms with E-state index in [0.717, 1.165) is 29.7 Å². The van der Waals surface area contributed by atoms with Crippen LogP contribution in [0.5, 0.6) is 5.75 Å². The van der Waals surface area contributed by atoms with E-state index in [-0.39, 0.29) is 18.4 Å². The molecule has 39 heavy (non-hydrogen) atoms. The van der Waals surface area contributed by atoms with Crippen LogP contribution >= 0.6 is 0 Å². The Labute approximate surface area is 231 Å². The first-order chi connectivity index (χ1) is 18.8. The van der Waals surface area contributed by atoms with Gasteiger partial charge in [-0.05, 0) is 61.2 Å². The molecule has 0 aliphatic carbocycles. The fourth-order valence-corrected chi connectivity index (χ4v) is 4.52. The fraction of sp³-hybridized carbons (Fsp3) is 0.433. The number of aromatic nitrogens is 2. The first kappa shape index (κ1) is 29.9. The highest BCUT2D eigenvalue weighted by molar-refractivity contribution is 6.00. The molecule has 0 aliphatic rings. The van der Waals surface area contributed by atoms with Crippen molar-refractivity contribution in [3.05, 3.63) is 82.9 Å². The summed E-state index contributed by atoms with van der Waals surface area (Å²) in [4.78, 5) is 35.7. The maximum absolute atomic E-state index is 13.4. The summed E-state index contributed by atoms with van der Waals surface area (Å²) in [5.74, 6) is 0.988. The summed E-state index contributed by atoms with van der Waals surface area (Å²) < 4.78 is 5.27. The van der Waals surface area contributed by atoms with Crippen molar-refractivity contribution < 1.29 is 19.4 Å². The molecule has 9 nitrogen and oxygen atoms in total. The second kappa shape index (κ2) is 15.0. The predicted molar refractivity (Wildman–Crippen MR) is 152 cm³/mol. The minimum atomic E-state index is -0.889. The van der Waals surface area contributed by atoms with E-state index in [2.05, 4.69) is 20.6 Å². The summed E-state index contributed by atoms with van der Waals surface area (Å²) in [6.45, 7) is 8.08. The average Bonchev–Trinajstić information content (AvgIpc) is 3.45. The van der Waals surface area contributed by atoms with E-state index in [1.165, 1.54) is 0 Å². The summed E-state index contributed by atoms with van der Waals surface area (Å²) in [6.07, 6.45) is 4.50. The number of benzene rings is 2. The molecule has 2 amide bonds. The van der Waals surface area contributed by atoms with Gasteiger partial charge in [-0.2, -0.15) is 0 Å². The molecule has 0 aliphatic heterocycles. The third-order valence-electron chi connectivity index (χ3n) is 6.43. The Morgan fingerprint density at radius 3 is 2.51 bits per heavy atom. The number of nitrogens with zero attached hydrogens (tertiary/aromatic N) is 2. The van der Waals surface area contributed by atoms with Crippen LogP contribution < -0.4 is 15.4 Å². The minimum absolute atomic E-state index is 0.0784. The molecular formula is C30H41N5O4. The number of H-pyrrole nitrogens is 1. The molecule has 0 fully saturated rings. The number of amides is 2. The van der Waals surface area contributed by atoms with E-state index in [1.807, 2.05) is 56.0 Å². The average molecular weight is 536 g/mol. The highest BCUT2D eigenvalue weighted by Gasteiger charge is 2.24. The Morgan fingerprint density at radius 1 is 1.10 bits per heavy atom. The molecule has 0 radical (unpaired) electrons. The van der Waals surface area contributed by atoms with Gasteiger partial charge in [0.15, 0.2) is 0 Å². The summed E-state index contributed by atoms with van der Waals surface area (Å²) >= 11 is 0. The van der Waals surface area contributed by atoms with Gasteiger partial charge in [0.2, 0.25) is 0 Å². The fourth-order valence-electron chi connectivity index (χ4n) is 4.52. The molecule has 2 aromatic carbocycles. The first-order valence-electron chi connectivity index (χ1n) is 13.6. The maximum Gasteiger partial charge on any atom is 0.253 e. The lowest BCUT2D eigenvalue weighted by Crippen LogP contribution is -2.48. The van der Waals surface area contributed by atoms with Gasteiger partial charge in [-0.15, -0.1) is 0 Å². The first-order valence-corrected chi connectivity index (χ1v) is 13.6. The van der Waals surface area contributed by atoms with Crippen LogP contribution in [0.15, 0.2) is 54.9 Å². The number of carbonyl (C=O) groups is 2. The second-order valence-corrected chi connectivity index (χ2v) is 9.75. The van der Waals surface area contributed by atoms with Gasteiger partial charge >= 0.3 is 0 Å². The third-order valence-corrected chi connectivity index (χ3v) is 6.43. The zero-order chi connectivity index (χ0) is 28.2. The molecule has 1 aromatic heterocycles. The number of hydrogen-bond donors (Lipinski definition) is 4. The monoisotopic (exact) mass is 535 g/mol. The van der Waals surface area contributed by atoms with Crippen LogP contribution in [-0.4, -0.2) is 70.7 Å². The van der Waals surface area contributed by atoms with Crippen LogP contribution in [0.1, 0.15) is 64.4 Å². The number of ether oxygens (including phenoxy) is 1. The van der Waals surface area contributed by atoms with E-state index < -0.39 is 12.1 Å². The van der Waals surface area contributed by atoms with Crippen molar-refractivity contribution >= 4 is 11.8 Å². The van der Waals surface area contributed by atoms with Crippen molar-refractivity contribution in [2.24, 2.45) is 0 Å².